The lowest BCUT2D eigenvalue weighted by molar-refractivity contribution is 1.32. The van der Waals surface area contributed by atoms with E-state index in [-0.39, 0.29) is 0 Å². The fourth-order valence-electron chi connectivity index (χ4n) is 2.78. The summed E-state index contributed by atoms with van der Waals surface area (Å²) in [6.45, 7) is 7.28. The zero-order valence-electron chi connectivity index (χ0n) is 11.9. The first-order valence-electron chi connectivity index (χ1n) is 6.93. The summed E-state index contributed by atoms with van der Waals surface area (Å²) in [6, 6.07) is 21.4. The number of hydrogen-bond acceptors (Lipinski definition) is 0. The lowest BCUT2D eigenvalue weighted by Gasteiger charge is -2.16. The van der Waals surface area contributed by atoms with Gasteiger partial charge < -0.3 is 0 Å². The Kier molecular flexibility index (Phi) is 2.94. The third-order valence-corrected chi connectivity index (χ3v) is 5.01. The van der Waals surface area contributed by atoms with Gasteiger partial charge in [-0.25, -0.2) is 0 Å². The van der Waals surface area contributed by atoms with Crippen LogP contribution in [0.15, 0.2) is 54.6 Å². The second kappa shape index (κ2) is 4.50. The van der Waals surface area contributed by atoms with Crippen molar-refractivity contribution >= 4 is 29.6 Å². The average Bonchev–Trinajstić information content (AvgIpc) is 2.36. The monoisotopic (exact) mass is 264 g/mol. The van der Waals surface area contributed by atoms with Crippen LogP contribution in [0.1, 0.15) is 5.56 Å². The zero-order chi connectivity index (χ0) is 13.5. The maximum atomic E-state index is 2.43. The van der Waals surface area contributed by atoms with E-state index in [0.29, 0.717) is 0 Å². The van der Waals surface area contributed by atoms with Crippen LogP contribution in [0.3, 0.4) is 0 Å². The van der Waals surface area contributed by atoms with Crippen molar-refractivity contribution in [2.24, 2.45) is 0 Å². The molecule has 0 aromatic heterocycles. The molecule has 0 heterocycles. The highest BCUT2D eigenvalue weighted by Crippen LogP contribution is 2.26. The normalized spacial score (nSPS) is 12.2. The van der Waals surface area contributed by atoms with Crippen molar-refractivity contribution in [3.8, 4) is 0 Å². The Balaban J connectivity index is 2.17. The van der Waals surface area contributed by atoms with Crippen LogP contribution < -0.4 is 0 Å². The molecule has 0 nitrogen and oxygen atoms in total. The van der Waals surface area contributed by atoms with Crippen molar-refractivity contribution in [2.45, 2.75) is 25.7 Å². The van der Waals surface area contributed by atoms with E-state index in [0.717, 1.165) is 0 Å². The minimum atomic E-state index is -1.04. The summed E-state index contributed by atoms with van der Waals surface area (Å²) in [5.74, 6) is 0. The molecule has 0 fully saturated rings. The van der Waals surface area contributed by atoms with Crippen molar-refractivity contribution < 1.29 is 0 Å². The number of hydrogen-bond donors (Lipinski definition) is 0. The SMILES string of the molecule is C[Si](C)(C)Cc1ccc2c(ccc3ccccc32)c1. The maximum Gasteiger partial charge on any atom is 0.0487 e. The minimum Gasteiger partial charge on any atom is -0.0693 e. The van der Waals surface area contributed by atoms with Crippen molar-refractivity contribution in [1.29, 1.82) is 0 Å². The lowest BCUT2D eigenvalue weighted by atomic mass is 10.0. The van der Waals surface area contributed by atoms with Crippen molar-refractivity contribution in [3.63, 3.8) is 0 Å². The summed E-state index contributed by atoms with van der Waals surface area (Å²) in [7, 11) is -1.04. The Morgan fingerprint density at radius 2 is 1.42 bits per heavy atom. The molecule has 0 bridgehead atoms. The molecule has 0 atom stereocenters. The van der Waals surface area contributed by atoms with Gasteiger partial charge in [0.2, 0.25) is 0 Å². The average molecular weight is 264 g/mol. The lowest BCUT2D eigenvalue weighted by Crippen LogP contribution is -2.23. The quantitative estimate of drug-likeness (QED) is 0.428. The molecule has 1 heteroatoms. The van der Waals surface area contributed by atoms with Crippen LogP contribution in [0.25, 0.3) is 21.5 Å². The summed E-state index contributed by atoms with van der Waals surface area (Å²) in [6.07, 6.45) is 0. The molecule has 3 rings (SSSR count). The Morgan fingerprint density at radius 3 is 2.21 bits per heavy atom. The molecule has 0 amide bonds. The van der Waals surface area contributed by atoms with Gasteiger partial charge in [0.05, 0.1) is 0 Å². The second-order valence-corrected chi connectivity index (χ2v) is 12.1. The van der Waals surface area contributed by atoms with E-state index in [4.69, 9.17) is 0 Å². The van der Waals surface area contributed by atoms with Crippen LogP contribution in [0.5, 0.6) is 0 Å². The third-order valence-electron chi connectivity index (χ3n) is 3.54. The molecule has 3 aromatic carbocycles. The first-order valence-corrected chi connectivity index (χ1v) is 10.6. The van der Waals surface area contributed by atoms with Gasteiger partial charge in [0.25, 0.3) is 0 Å². The molecule has 0 radical (unpaired) electrons. The fourth-order valence-corrected chi connectivity index (χ4v) is 4.23. The smallest absolute Gasteiger partial charge is 0.0487 e. The van der Waals surface area contributed by atoms with Gasteiger partial charge in [0.15, 0.2) is 0 Å². The Bertz CT molecular complexity index is 735. The molecule has 0 saturated heterocycles. The van der Waals surface area contributed by atoms with Crippen LogP contribution in [-0.4, -0.2) is 8.07 Å². The van der Waals surface area contributed by atoms with Crippen LogP contribution >= 0.6 is 0 Å². The zero-order valence-corrected chi connectivity index (χ0v) is 12.9. The Morgan fingerprint density at radius 1 is 0.737 bits per heavy atom. The van der Waals surface area contributed by atoms with E-state index >= 15 is 0 Å². The summed E-state index contributed by atoms with van der Waals surface area (Å²) >= 11 is 0. The highest BCUT2D eigenvalue weighted by molar-refractivity contribution is 6.75. The van der Waals surface area contributed by atoms with Crippen molar-refractivity contribution in [2.75, 3.05) is 0 Å². The molecule has 0 spiro atoms. The predicted octanol–water partition coefficient (Wildman–Crippen LogP) is 5.41. The summed E-state index contributed by atoms with van der Waals surface area (Å²) in [4.78, 5) is 0. The second-order valence-electron chi connectivity index (χ2n) is 6.58. The van der Waals surface area contributed by atoms with Crippen molar-refractivity contribution in [3.05, 3.63) is 60.2 Å². The number of rotatable bonds is 2. The summed E-state index contributed by atoms with van der Waals surface area (Å²) in [5.41, 5.74) is 1.49. The van der Waals surface area contributed by atoms with Gasteiger partial charge in [-0.15, -0.1) is 0 Å². The maximum absolute atomic E-state index is 2.43. The molecule has 0 unspecified atom stereocenters. The van der Waals surface area contributed by atoms with Crippen LogP contribution in [0, 0.1) is 0 Å². The Hall–Kier alpha value is -1.60. The van der Waals surface area contributed by atoms with Crippen LogP contribution in [-0.2, 0) is 6.04 Å². The van der Waals surface area contributed by atoms with Gasteiger partial charge in [0.1, 0.15) is 0 Å². The van der Waals surface area contributed by atoms with E-state index < -0.39 is 8.07 Å². The van der Waals surface area contributed by atoms with Gasteiger partial charge >= 0.3 is 0 Å². The van der Waals surface area contributed by atoms with Gasteiger partial charge in [0, 0.05) is 8.07 Å². The molecular formula is C18H20Si. The van der Waals surface area contributed by atoms with E-state index in [1.54, 1.807) is 0 Å². The molecule has 0 aliphatic carbocycles. The molecule has 96 valence electrons. The van der Waals surface area contributed by atoms with E-state index in [1.807, 2.05) is 0 Å². The highest BCUT2D eigenvalue weighted by Gasteiger charge is 2.14. The fraction of sp³-hybridized carbons (Fsp3) is 0.222. The number of benzene rings is 3. The molecular weight excluding hydrogens is 244 g/mol. The molecule has 0 aliphatic heterocycles. The van der Waals surface area contributed by atoms with Gasteiger partial charge in [-0.3, -0.25) is 0 Å². The topological polar surface area (TPSA) is 0 Å². The van der Waals surface area contributed by atoms with Gasteiger partial charge in [-0.05, 0) is 27.6 Å². The summed E-state index contributed by atoms with van der Waals surface area (Å²) < 4.78 is 0. The highest BCUT2D eigenvalue weighted by atomic mass is 28.3. The number of fused-ring (bicyclic) bond motifs is 3. The Labute approximate surface area is 116 Å². The largest absolute Gasteiger partial charge is 0.0693 e. The predicted molar refractivity (Wildman–Crippen MR) is 88.5 cm³/mol. The molecule has 3 aromatic rings. The first kappa shape index (κ1) is 12.4. The van der Waals surface area contributed by atoms with Crippen LogP contribution in [0.2, 0.25) is 19.6 Å². The van der Waals surface area contributed by atoms with Crippen LogP contribution in [0.4, 0.5) is 0 Å². The van der Waals surface area contributed by atoms with Gasteiger partial charge in [-0.1, -0.05) is 79.8 Å². The minimum absolute atomic E-state index is 1.04. The molecule has 0 aliphatic rings. The van der Waals surface area contributed by atoms with Gasteiger partial charge in [-0.2, -0.15) is 0 Å². The van der Waals surface area contributed by atoms with E-state index in [9.17, 15) is 0 Å². The van der Waals surface area contributed by atoms with Crippen molar-refractivity contribution in [1.82, 2.24) is 0 Å². The molecule has 0 N–H and O–H groups in total. The summed E-state index contributed by atoms with van der Waals surface area (Å²) in [5, 5.41) is 5.43. The first-order chi connectivity index (χ1) is 9.03. The third kappa shape index (κ3) is 2.57. The van der Waals surface area contributed by atoms with E-state index in [2.05, 4.69) is 74.2 Å². The molecule has 0 saturated carbocycles. The van der Waals surface area contributed by atoms with E-state index in [1.165, 1.54) is 33.2 Å². The molecule has 19 heavy (non-hydrogen) atoms. The standard InChI is InChI=1S/C18H20Si/c1-19(2,3)13-14-8-11-18-16(12-14)10-9-15-6-4-5-7-17(15)18/h4-12H,13H2,1-3H3.